The van der Waals surface area contributed by atoms with E-state index in [0.29, 0.717) is 28.9 Å². The van der Waals surface area contributed by atoms with E-state index in [1.165, 1.54) is 0 Å². The number of sulfone groups is 1. The maximum Gasteiger partial charge on any atom is 0.407 e. The van der Waals surface area contributed by atoms with Crippen molar-refractivity contribution in [2.45, 2.75) is 100 Å². The summed E-state index contributed by atoms with van der Waals surface area (Å²) >= 11 is 1.54. The first-order chi connectivity index (χ1) is 15.9. The van der Waals surface area contributed by atoms with Crippen LogP contribution >= 0.6 is 11.3 Å². The molecule has 2 fully saturated rings. The highest BCUT2D eigenvalue weighted by atomic mass is 32.2. The number of ether oxygens (including phenoxy) is 1. The van der Waals surface area contributed by atoms with Crippen molar-refractivity contribution >= 4 is 27.3 Å². The zero-order valence-electron chi connectivity index (χ0n) is 20.2. The Hall–Kier alpha value is -1.97. The fraction of sp³-hybridized carbons (Fsp3) is 0.600. The van der Waals surface area contributed by atoms with E-state index < -0.39 is 15.4 Å². The Kier molecular flexibility index (Phi) is 7.09. The number of thiazole rings is 1. The highest BCUT2D eigenvalue weighted by molar-refractivity contribution is 7.92. The minimum atomic E-state index is -3.45. The van der Waals surface area contributed by atoms with E-state index in [-0.39, 0.29) is 29.4 Å². The smallest absolute Gasteiger partial charge is 0.407 e. The minimum Gasteiger partial charge on any atom is -0.447 e. The van der Waals surface area contributed by atoms with Crippen molar-refractivity contribution in [3.05, 3.63) is 35.0 Å². The van der Waals surface area contributed by atoms with Gasteiger partial charge in [-0.2, -0.15) is 0 Å². The van der Waals surface area contributed by atoms with Crippen molar-refractivity contribution in [3.63, 3.8) is 0 Å². The molecular weight excluding hydrogens is 472 g/mol. The second-order valence-corrected chi connectivity index (χ2v) is 13.5. The molecule has 1 heterocycles. The summed E-state index contributed by atoms with van der Waals surface area (Å²) in [5, 5.41) is 14.1. The first-order valence-electron chi connectivity index (χ1n) is 12.0. The third-order valence-electron chi connectivity index (χ3n) is 6.49. The summed E-state index contributed by atoms with van der Waals surface area (Å²) in [5.41, 5.74) is 0.122. The zero-order chi connectivity index (χ0) is 24.7. The molecule has 1 aromatic carbocycles. The van der Waals surface area contributed by atoms with Gasteiger partial charge in [0.05, 0.1) is 31.7 Å². The van der Waals surface area contributed by atoms with Crippen LogP contribution in [0.1, 0.15) is 82.7 Å². The summed E-state index contributed by atoms with van der Waals surface area (Å²) in [4.78, 5) is 17.7. The molecular formula is C25H34N2O5S2. The van der Waals surface area contributed by atoms with Crippen LogP contribution in [0.3, 0.4) is 0 Å². The summed E-state index contributed by atoms with van der Waals surface area (Å²) in [7, 11) is -3.45. The maximum absolute atomic E-state index is 13.2. The van der Waals surface area contributed by atoms with Gasteiger partial charge < -0.3 is 15.2 Å². The molecule has 34 heavy (non-hydrogen) atoms. The number of hydrogen-bond donors (Lipinski definition) is 2. The van der Waals surface area contributed by atoms with Crippen molar-refractivity contribution in [2.75, 3.05) is 0 Å². The number of alkyl carbamates (subject to hydrolysis) is 1. The lowest BCUT2D eigenvalue weighted by atomic mass is 9.86. The van der Waals surface area contributed by atoms with Crippen LogP contribution in [0.4, 0.5) is 4.79 Å². The Morgan fingerprint density at radius 1 is 1.18 bits per heavy atom. The first kappa shape index (κ1) is 25.1. The molecule has 0 unspecified atom stereocenters. The number of carbonyl (C=O) groups excluding carboxylic acids is 1. The molecule has 0 atom stereocenters. The summed E-state index contributed by atoms with van der Waals surface area (Å²) in [5.74, 6) is 0.289. The monoisotopic (exact) mass is 506 g/mol. The predicted molar refractivity (Wildman–Crippen MR) is 133 cm³/mol. The van der Waals surface area contributed by atoms with Gasteiger partial charge in [-0.05, 0) is 77.8 Å². The van der Waals surface area contributed by atoms with Gasteiger partial charge in [0.25, 0.3) is 0 Å². The Balaban J connectivity index is 1.52. The van der Waals surface area contributed by atoms with Crippen molar-refractivity contribution < 1.29 is 23.1 Å². The van der Waals surface area contributed by atoms with Crippen LogP contribution in [-0.4, -0.2) is 42.0 Å². The quantitative estimate of drug-likeness (QED) is 0.539. The highest BCUT2D eigenvalue weighted by Gasteiger charge is 2.39. The second kappa shape index (κ2) is 9.59. The fourth-order valence-electron chi connectivity index (χ4n) is 4.40. The molecule has 0 saturated heterocycles. The van der Waals surface area contributed by atoms with Gasteiger partial charge in [0.15, 0.2) is 9.84 Å². The average molecular weight is 507 g/mol. The third kappa shape index (κ3) is 5.63. The number of aliphatic hydroxyl groups is 1. The van der Waals surface area contributed by atoms with E-state index in [9.17, 15) is 18.3 Å². The first-order valence-corrected chi connectivity index (χ1v) is 14.4. The number of hydrogen-bond acceptors (Lipinski definition) is 7. The van der Waals surface area contributed by atoms with Crippen molar-refractivity contribution in [2.24, 2.45) is 0 Å². The normalized spacial score (nSPS) is 21.5. The van der Waals surface area contributed by atoms with Gasteiger partial charge in [0.1, 0.15) is 0 Å². The summed E-state index contributed by atoms with van der Waals surface area (Å²) in [6.45, 7) is 6.98. The summed E-state index contributed by atoms with van der Waals surface area (Å²) in [6.07, 6.45) is 6.16. The summed E-state index contributed by atoms with van der Waals surface area (Å²) in [6, 6.07) is 5.34. The van der Waals surface area contributed by atoms with Crippen LogP contribution in [0.5, 0.6) is 0 Å². The molecule has 0 radical (unpaired) electrons. The lowest BCUT2D eigenvalue weighted by Gasteiger charge is -2.28. The van der Waals surface area contributed by atoms with E-state index in [1.807, 2.05) is 13.8 Å². The van der Waals surface area contributed by atoms with E-state index in [4.69, 9.17) is 4.74 Å². The van der Waals surface area contributed by atoms with Crippen LogP contribution in [0.25, 0.3) is 10.4 Å². The fourth-order valence-corrected chi connectivity index (χ4v) is 7.48. The standard InChI is InChI=1S/C25H34N2O5S2/c1-15(2)32-24(28)27-18-8-5-16(6-9-18)23-26-14-21(33-23)20-12-7-17(25(3,4)29)13-22(20)34(30,31)19-10-11-19/h7,12-16,18-19,29H,5-6,8-11H2,1-4H3,(H,27,28). The molecule has 0 bridgehead atoms. The molecule has 1 amide bonds. The zero-order valence-corrected chi connectivity index (χ0v) is 21.8. The molecule has 2 N–H and O–H groups in total. The predicted octanol–water partition coefficient (Wildman–Crippen LogP) is 5.13. The van der Waals surface area contributed by atoms with Gasteiger partial charge in [-0.25, -0.2) is 18.2 Å². The van der Waals surface area contributed by atoms with E-state index in [2.05, 4.69) is 10.3 Å². The third-order valence-corrected chi connectivity index (χ3v) is 9.98. The van der Waals surface area contributed by atoms with E-state index in [0.717, 1.165) is 35.6 Å². The van der Waals surface area contributed by atoms with Gasteiger partial charge >= 0.3 is 6.09 Å². The number of amides is 1. The highest BCUT2D eigenvalue weighted by Crippen LogP contribution is 2.43. The number of aromatic nitrogens is 1. The molecule has 2 saturated carbocycles. The number of carbonyl (C=O) groups is 1. The van der Waals surface area contributed by atoms with Crippen molar-refractivity contribution in [3.8, 4) is 10.4 Å². The molecule has 7 nitrogen and oxygen atoms in total. The molecule has 2 aromatic rings. The van der Waals surface area contributed by atoms with Gasteiger partial charge in [-0.3, -0.25) is 0 Å². The molecule has 1 aromatic heterocycles. The van der Waals surface area contributed by atoms with E-state index in [1.54, 1.807) is 49.6 Å². The minimum absolute atomic E-state index is 0.103. The van der Waals surface area contributed by atoms with Crippen LogP contribution in [-0.2, 0) is 20.2 Å². The topological polar surface area (TPSA) is 106 Å². The Morgan fingerprint density at radius 3 is 2.44 bits per heavy atom. The molecule has 0 aliphatic heterocycles. The van der Waals surface area contributed by atoms with Gasteiger partial charge in [-0.15, -0.1) is 11.3 Å². The molecule has 2 aliphatic rings. The van der Waals surface area contributed by atoms with Crippen LogP contribution in [0.15, 0.2) is 29.3 Å². The van der Waals surface area contributed by atoms with Gasteiger partial charge in [0, 0.05) is 23.7 Å². The number of rotatable bonds is 7. The molecule has 0 spiro atoms. The Bertz CT molecular complexity index is 1140. The second-order valence-electron chi connectivity index (χ2n) is 10.2. The summed E-state index contributed by atoms with van der Waals surface area (Å²) < 4.78 is 31.6. The molecule has 2 aliphatic carbocycles. The van der Waals surface area contributed by atoms with Gasteiger partial charge in [0.2, 0.25) is 0 Å². The Labute approximate surface area is 205 Å². The number of benzene rings is 1. The molecule has 4 rings (SSSR count). The molecule has 9 heteroatoms. The van der Waals surface area contributed by atoms with Crippen LogP contribution < -0.4 is 5.32 Å². The Morgan fingerprint density at radius 2 is 1.85 bits per heavy atom. The average Bonchev–Trinajstić information content (AvgIpc) is 3.51. The number of nitrogens with zero attached hydrogens (tertiary/aromatic N) is 1. The lowest BCUT2D eigenvalue weighted by Crippen LogP contribution is -2.38. The SMILES string of the molecule is CC(C)OC(=O)NC1CCC(c2ncc(-c3ccc(C(C)(C)O)cc3S(=O)(=O)C3CC3)s2)CC1. The largest absolute Gasteiger partial charge is 0.447 e. The maximum atomic E-state index is 13.2. The van der Waals surface area contributed by atoms with Crippen molar-refractivity contribution in [1.29, 1.82) is 0 Å². The van der Waals surface area contributed by atoms with Crippen LogP contribution in [0, 0.1) is 0 Å². The number of nitrogens with one attached hydrogen (secondary N) is 1. The van der Waals surface area contributed by atoms with Crippen molar-refractivity contribution in [1.82, 2.24) is 10.3 Å². The molecule has 186 valence electrons. The van der Waals surface area contributed by atoms with E-state index >= 15 is 0 Å². The lowest BCUT2D eigenvalue weighted by molar-refractivity contribution is 0.0784. The van der Waals surface area contributed by atoms with Gasteiger partial charge in [-0.1, -0.05) is 12.1 Å². The van der Waals surface area contributed by atoms with Crippen LogP contribution in [0.2, 0.25) is 0 Å².